The first kappa shape index (κ1) is 13.6. The smallest absolute Gasteiger partial charge is 0.119 e. The maximum absolute atomic E-state index is 11.1. The number of methoxy groups -OCH3 is 1. The lowest BCUT2D eigenvalue weighted by Crippen LogP contribution is -2.23. The van der Waals surface area contributed by atoms with Gasteiger partial charge < -0.3 is 9.84 Å². The molecule has 0 aliphatic carbocycles. The molecule has 0 bridgehead atoms. The van der Waals surface area contributed by atoms with E-state index in [1.165, 1.54) is 0 Å². The molecule has 1 heterocycles. The second kappa shape index (κ2) is 5.19. The molecular weight excluding hydrogens is 262 g/mol. The van der Waals surface area contributed by atoms with Crippen molar-refractivity contribution in [3.05, 3.63) is 71.9 Å². The Kier molecular flexibility index (Phi) is 3.35. The highest BCUT2D eigenvalue weighted by atomic mass is 16.5. The van der Waals surface area contributed by atoms with Crippen molar-refractivity contribution in [3.8, 4) is 5.75 Å². The van der Waals surface area contributed by atoms with E-state index in [4.69, 9.17) is 4.74 Å². The number of hydrogen-bond donors (Lipinski definition) is 1. The van der Waals surface area contributed by atoms with Gasteiger partial charge in [-0.05, 0) is 42.3 Å². The molecular formula is C18H17NO2. The lowest BCUT2D eigenvalue weighted by Gasteiger charge is -2.26. The summed E-state index contributed by atoms with van der Waals surface area (Å²) in [5, 5.41) is 12.0. The Morgan fingerprint density at radius 1 is 1.05 bits per heavy atom. The van der Waals surface area contributed by atoms with Crippen molar-refractivity contribution in [2.24, 2.45) is 0 Å². The third-order valence-electron chi connectivity index (χ3n) is 3.80. The average Bonchev–Trinajstić information content (AvgIpc) is 2.54. The molecule has 1 atom stereocenters. The average molecular weight is 279 g/mol. The van der Waals surface area contributed by atoms with Gasteiger partial charge in [-0.1, -0.05) is 30.3 Å². The van der Waals surface area contributed by atoms with Crippen LogP contribution in [0.3, 0.4) is 0 Å². The highest BCUT2D eigenvalue weighted by Crippen LogP contribution is 2.34. The summed E-state index contributed by atoms with van der Waals surface area (Å²) in [6, 6.07) is 17.2. The Hall–Kier alpha value is -2.39. The van der Waals surface area contributed by atoms with E-state index >= 15 is 0 Å². The summed E-state index contributed by atoms with van der Waals surface area (Å²) in [5.41, 5.74) is 1.38. The normalized spacial score (nSPS) is 13.9. The van der Waals surface area contributed by atoms with E-state index in [1.807, 2.05) is 54.6 Å². The molecule has 1 unspecified atom stereocenters. The Bertz CT molecular complexity index is 776. The van der Waals surface area contributed by atoms with Crippen LogP contribution in [0.2, 0.25) is 0 Å². The molecule has 0 radical (unpaired) electrons. The van der Waals surface area contributed by atoms with Gasteiger partial charge in [-0.15, -0.1) is 0 Å². The first-order valence-corrected chi connectivity index (χ1v) is 6.84. The summed E-state index contributed by atoms with van der Waals surface area (Å²) >= 11 is 0. The number of ether oxygens (including phenoxy) is 1. The quantitative estimate of drug-likeness (QED) is 0.798. The molecule has 21 heavy (non-hydrogen) atoms. The first-order valence-electron chi connectivity index (χ1n) is 6.84. The SMILES string of the molecule is COc1cccc(C(C)(O)c2cccc3ncccc23)c1. The summed E-state index contributed by atoms with van der Waals surface area (Å²) < 4.78 is 5.25. The van der Waals surface area contributed by atoms with Gasteiger partial charge in [-0.25, -0.2) is 0 Å². The third-order valence-corrected chi connectivity index (χ3v) is 3.80. The van der Waals surface area contributed by atoms with E-state index in [0.29, 0.717) is 0 Å². The third kappa shape index (κ3) is 2.36. The van der Waals surface area contributed by atoms with Crippen LogP contribution in [0.1, 0.15) is 18.1 Å². The van der Waals surface area contributed by atoms with Gasteiger partial charge in [0.25, 0.3) is 0 Å². The summed E-state index contributed by atoms with van der Waals surface area (Å²) in [6.45, 7) is 1.80. The number of nitrogens with zero attached hydrogens (tertiary/aromatic N) is 1. The topological polar surface area (TPSA) is 42.4 Å². The summed E-state index contributed by atoms with van der Waals surface area (Å²) in [7, 11) is 1.62. The highest BCUT2D eigenvalue weighted by Gasteiger charge is 2.27. The number of hydrogen-bond acceptors (Lipinski definition) is 3. The van der Waals surface area contributed by atoms with Crippen LogP contribution in [-0.2, 0) is 5.60 Å². The van der Waals surface area contributed by atoms with Crippen molar-refractivity contribution in [2.45, 2.75) is 12.5 Å². The molecule has 3 aromatic rings. The van der Waals surface area contributed by atoms with Crippen molar-refractivity contribution in [2.75, 3.05) is 7.11 Å². The zero-order chi connectivity index (χ0) is 14.9. The summed E-state index contributed by atoms with van der Waals surface area (Å²) in [6.07, 6.45) is 1.76. The molecule has 0 aliphatic rings. The maximum Gasteiger partial charge on any atom is 0.119 e. The molecule has 0 aliphatic heterocycles. The van der Waals surface area contributed by atoms with Crippen molar-refractivity contribution in [1.29, 1.82) is 0 Å². The van der Waals surface area contributed by atoms with Crippen LogP contribution in [0.4, 0.5) is 0 Å². The van der Waals surface area contributed by atoms with Gasteiger partial charge in [0, 0.05) is 11.6 Å². The molecule has 3 nitrogen and oxygen atoms in total. The Labute approximate surface area is 123 Å². The molecule has 0 spiro atoms. The molecule has 0 fully saturated rings. The van der Waals surface area contributed by atoms with E-state index in [-0.39, 0.29) is 0 Å². The minimum Gasteiger partial charge on any atom is -0.497 e. The van der Waals surface area contributed by atoms with Gasteiger partial charge in [0.05, 0.1) is 12.6 Å². The van der Waals surface area contributed by atoms with Gasteiger partial charge in [0.1, 0.15) is 11.4 Å². The molecule has 1 N–H and O–H groups in total. The largest absolute Gasteiger partial charge is 0.497 e. The maximum atomic E-state index is 11.1. The summed E-state index contributed by atoms with van der Waals surface area (Å²) in [4.78, 5) is 4.35. The monoisotopic (exact) mass is 279 g/mol. The van der Waals surface area contributed by atoms with Crippen molar-refractivity contribution >= 4 is 10.9 Å². The molecule has 3 heteroatoms. The van der Waals surface area contributed by atoms with Gasteiger partial charge in [-0.3, -0.25) is 4.98 Å². The van der Waals surface area contributed by atoms with Gasteiger partial charge in [0.2, 0.25) is 0 Å². The zero-order valence-corrected chi connectivity index (χ0v) is 12.1. The minimum absolute atomic E-state index is 0.728. The molecule has 106 valence electrons. The van der Waals surface area contributed by atoms with E-state index in [1.54, 1.807) is 20.2 Å². The van der Waals surface area contributed by atoms with Crippen LogP contribution in [0, 0.1) is 0 Å². The van der Waals surface area contributed by atoms with E-state index in [0.717, 1.165) is 27.8 Å². The van der Waals surface area contributed by atoms with E-state index < -0.39 is 5.60 Å². The van der Waals surface area contributed by atoms with Crippen LogP contribution in [0.15, 0.2) is 60.8 Å². The minimum atomic E-state index is -1.11. The number of aromatic nitrogens is 1. The molecule has 1 aromatic heterocycles. The molecule has 0 amide bonds. The fourth-order valence-corrected chi connectivity index (χ4v) is 2.61. The lowest BCUT2D eigenvalue weighted by atomic mass is 9.86. The first-order chi connectivity index (χ1) is 10.1. The number of fused-ring (bicyclic) bond motifs is 1. The highest BCUT2D eigenvalue weighted by molar-refractivity contribution is 5.83. The van der Waals surface area contributed by atoms with Crippen molar-refractivity contribution in [3.63, 3.8) is 0 Å². The Morgan fingerprint density at radius 3 is 2.67 bits per heavy atom. The fourth-order valence-electron chi connectivity index (χ4n) is 2.61. The lowest BCUT2D eigenvalue weighted by molar-refractivity contribution is 0.103. The Morgan fingerprint density at radius 2 is 1.86 bits per heavy atom. The van der Waals surface area contributed by atoms with Gasteiger partial charge in [-0.2, -0.15) is 0 Å². The van der Waals surface area contributed by atoms with Gasteiger partial charge in [0.15, 0.2) is 0 Å². The van der Waals surface area contributed by atoms with Crippen LogP contribution < -0.4 is 4.74 Å². The number of pyridine rings is 1. The standard InChI is InChI=1S/C18H17NO2/c1-18(20,13-6-3-7-14(12-13)21-2)16-9-4-10-17-15(16)8-5-11-19-17/h3-12,20H,1-2H3. The van der Waals surface area contributed by atoms with Gasteiger partial charge >= 0.3 is 0 Å². The fraction of sp³-hybridized carbons (Fsp3) is 0.167. The molecule has 2 aromatic carbocycles. The predicted molar refractivity (Wildman–Crippen MR) is 83.4 cm³/mol. The number of benzene rings is 2. The number of aliphatic hydroxyl groups is 1. The molecule has 0 saturated carbocycles. The molecule has 0 saturated heterocycles. The predicted octanol–water partition coefficient (Wildman–Crippen LogP) is 3.50. The zero-order valence-electron chi connectivity index (χ0n) is 12.1. The van der Waals surface area contributed by atoms with Crippen molar-refractivity contribution in [1.82, 2.24) is 4.98 Å². The van der Waals surface area contributed by atoms with Crippen LogP contribution in [0.5, 0.6) is 5.75 Å². The van der Waals surface area contributed by atoms with Crippen LogP contribution >= 0.6 is 0 Å². The second-order valence-corrected chi connectivity index (χ2v) is 5.18. The van der Waals surface area contributed by atoms with Crippen LogP contribution in [-0.4, -0.2) is 17.2 Å². The van der Waals surface area contributed by atoms with Crippen LogP contribution in [0.25, 0.3) is 10.9 Å². The van der Waals surface area contributed by atoms with E-state index in [9.17, 15) is 5.11 Å². The number of rotatable bonds is 3. The van der Waals surface area contributed by atoms with Crippen molar-refractivity contribution < 1.29 is 9.84 Å². The van der Waals surface area contributed by atoms with E-state index in [2.05, 4.69) is 4.98 Å². The molecule has 3 rings (SSSR count). The summed E-state index contributed by atoms with van der Waals surface area (Å²) in [5.74, 6) is 0.728. The Balaban J connectivity index is 2.19. The second-order valence-electron chi connectivity index (χ2n) is 5.18.